The van der Waals surface area contributed by atoms with Crippen molar-refractivity contribution in [2.45, 2.75) is 57.3 Å². The maximum atomic E-state index is 12.3. The van der Waals surface area contributed by atoms with Gasteiger partial charge < -0.3 is 19.3 Å². The largest absolute Gasteiger partial charge is 0.492 e. The highest BCUT2D eigenvalue weighted by atomic mass is 32.2. The van der Waals surface area contributed by atoms with Crippen molar-refractivity contribution in [3.63, 3.8) is 0 Å². The van der Waals surface area contributed by atoms with Crippen LogP contribution in [-0.2, 0) is 14.8 Å². The van der Waals surface area contributed by atoms with E-state index in [0.29, 0.717) is 51.8 Å². The van der Waals surface area contributed by atoms with Gasteiger partial charge in [0.25, 0.3) is 0 Å². The van der Waals surface area contributed by atoms with Crippen LogP contribution in [0.4, 0.5) is 10.6 Å². The minimum absolute atomic E-state index is 0.184. The van der Waals surface area contributed by atoms with Crippen molar-refractivity contribution in [1.29, 1.82) is 0 Å². The average molecular weight is 481 g/mol. The molecule has 0 bridgehead atoms. The van der Waals surface area contributed by atoms with Crippen molar-refractivity contribution < 1.29 is 22.7 Å². The molecule has 0 radical (unpaired) electrons. The molecule has 1 aliphatic carbocycles. The number of piperidine rings is 1. The number of likely N-dealkylation sites (tertiary alicyclic amines) is 1. The molecule has 184 valence electrons. The number of carbonyl (C=O) groups is 1. The smallest absolute Gasteiger partial charge is 0.410 e. The molecule has 0 unspecified atom stereocenters. The van der Waals surface area contributed by atoms with E-state index in [-0.39, 0.29) is 11.7 Å². The van der Waals surface area contributed by atoms with E-state index in [0.717, 1.165) is 37.3 Å². The number of nitrogens with zero attached hydrogens (tertiary/aromatic N) is 4. The first-order valence-corrected chi connectivity index (χ1v) is 13.5. The quantitative estimate of drug-likeness (QED) is 0.592. The maximum absolute atomic E-state index is 12.3. The van der Waals surface area contributed by atoms with Crippen molar-refractivity contribution in [3.05, 3.63) is 18.3 Å². The number of piperazine rings is 1. The molecule has 10 heteroatoms. The summed E-state index contributed by atoms with van der Waals surface area (Å²) in [6, 6.07) is 3.85. The van der Waals surface area contributed by atoms with Gasteiger partial charge in [-0.1, -0.05) is 0 Å². The predicted octanol–water partition coefficient (Wildman–Crippen LogP) is 2.72. The monoisotopic (exact) mass is 480 g/mol. The minimum Gasteiger partial charge on any atom is -0.492 e. The van der Waals surface area contributed by atoms with Crippen LogP contribution in [-0.4, -0.2) is 85.4 Å². The van der Waals surface area contributed by atoms with E-state index in [2.05, 4.69) is 9.88 Å². The number of amides is 1. The minimum atomic E-state index is -3.21. The topological polar surface area (TPSA) is 92.3 Å². The first-order chi connectivity index (χ1) is 15.7. The van der Waals surface area contributed by atoms with Crippen LogP contribution in [0.1, 0.15) is 46.5 Å². The third kappa shape index (κ3) is 5.90. The molecule has 1 aromatic rings. The normalized spacial score (nSPS) is 21.8. The van der Waals surface area contributed by atoms with Gasteiger partial charge in [-0.15, -0.1) is 0 Å². The Kier molecular flexibility index (Phi) is 7.04. The highest BCUT2D eigenvalue weighted by molar-refractivity contribution is 7.89. The van der Waals surface area contributed by atoms with Crippen molar-refractivity contribution in [2.75, 3.05) is 50.8 Å². The van der Waals surface area contributed by atoms with E-state index in [1.165, 1.54) is 0 Å². The van der Waals surface area contributed by atoms with Crippen LogP contribution in [0.25, 0.3) is 0 Å². The number of hydrogen-bond acceptors (Lipinski definition) is 7. The Hall–Kier alpha value is -2.07. The Bertz CT molecular complexity index is 917. The Labute approximate surface area is 197 Å². The van der Waals surface area contributed by atoms with Crippen LogP contribution in [0.5, 0.6) is 5.75 Å². The standard InChI is InChI=1S/C23H36N4O5S/c1-18(2)33(29,30)27-14-12-25(13-15-27)21-5-4-20(16-24-21)31-17-19-6-10-26(11-7-19)22(28)32-23(3)8-9-23/h4-5,16,18-19H,6-15,17H2,1-3H3. The van der Waals surface area contributed by atoms with Crippen molar-refractivity contribution >= 4 is 21.9 Å². The molecule has 0 spiro atoms. The summed E-state index contributed by atoms with van der Waals surface area (Å²) in [6.07, 6.45) is 5.28. The van der Waals surface area contributed by atoms with E-state index in [1.807, 2.05) is 24.0 Å². The first-order valence-electron chi connectivity index (χ1n) is 12.0. The Balaban J connectivity index is 1.19. The molecule has 3 heterocycles. The second-order valence-electron chi connectivity index (χ2n) is 9.89. The number of hydrogen-bond donors (Lipinski definition) is 0. The number of pyridine rings is 1. The van der Waals surface area contributed by atoms with E-state index < -0.39 is 15.3 Å². The van der Waals surface area contributed by atoms with Crippen LogP contribution in [0.15, 0.2) is 18.3 Å². The highest BCUT2D eigenvalue weighted by Crippen LogP contribution is 2.39. The molecule has 4 rings (SSSR count). The van der Waals surface area contributed by atoms with Gasteiger partial charge in [0.1, 0.15) is 17.2 Å². The lowest BCUT2D eigenvalue weighted by atomic mass is 9.98. The van der Waals surface area contributed by atoms with Crippen LogP contribution in [0.3, 0.4) is 0 Å². The number of anilines is 1. The van der Waals surface area contributed by atoms with Gasteiger partial charge in [0.05, 0.1) is 18.1 Å². The summed E-state index contributed by atoms with van der Waals surface area (Å²) in [7, 11) is -3.21. The van der Waals surface area contributed by atoms with Gasteiger partial charge in [-0.3, -0.25) is 0 Å². The summed E-state index contributed by atoms with van der Waals surface area (Å²) >= 11 is 0. The highest BCUT2D eigenvalue weighted by Gasteiger charge is 2.43. The lowest BCUT2D eigenvalue weighted by Crippen LogP contribution is -2.50. The van der Waals surface area contributed by atoms with E-state index in [1.54, 1.807) is 24.3 Å². The number of rotatable bonds is 7. The van der Waals surface area contributed by atoms with Crippen molar-refractivity contribution in [2.24, 2.45) is 5.92 Å². The zero-order valence-electron chi connectivity index (χ0n) is 19.9. The van der Waals surface area contributed by atoms with Crippen molar-refractivity contribution in [1.82, 2.24) is 14.2 Å². The number of sulfonamides is 1. The van der Waals surface area contributed by atoms with Gasteiger partial charge >= 0.3 is 6.09 Å². The molecule has 1 amide bonds. The molecule has 2 aliphatic heterocycles. The van der Waals surface area contributed by atoms with Crippen LogP contribution < -0.4 is 9.64 Å². The molecule has 2 saturated heterocycles. The fourth-order valence-corrected chi connectivity index (χ4v) is 5.43. The molecule has 0 N–H and O–H groups in total. The SMILES string of the molecule is CC(C)S(=O)(=O)N1CCN(c2ccc(OCC3CCN(C(=O)OC4(C)CC4)CC3)cn2)CC1. The summed E-state index contributed by atoms with van der Waals surface area (Å²) in [5.41, 5.74) is -0.227. The summed E-state index contributed by atoms with van der Waals surface area (Å²) in [4.78, 5) is 20.7. The maximum Gasteiger partial charge on any atom is 0.410 e. The first kappa shape index (κ1) is 24.1. The number of aromatic nitrogens is 1. The third-order valence-electron chi connectivity index (χ3n) is 6.89. The molecular weight excluding hydrogens is 444 g/mol. The molecule has 1 saturated carbocycles. The Morgan fingerprint density at radius 3 is 2.33 bits per heavy atom. The number of carbonyl (C=O) groups excluding carboxylic acids is 1. The zero-order valence-corrected chi connectivity index (χ0v) is 20.7. The summed E-state index contributed by atoms with van der Waals surface area (Å²) in [5, 5.41) is -0.397. The van der Waals surface area contributed by atoms with Gasteiger partial charge in [0.15, 0.2) is 0 Å². The van der Waals surface area contributed by atoms with E-state index >= 15 is 0 Å². The van der Waals surface area contributed by atoms with Crippen LogP contribution in [0.2, 0.25) is 0 Å². The van der Waals surface area contributed by atoms with Gasteiger partial charge in [-0.2, -0.15) is 4.31 Å². The molecule has 3 fully saturated rings. The van der Waals surface area contributed by atoms with Gasteiger partial charge in [0, 0.05) is 39.3 Å². The summed E-state index contributed by atoms with van der Waals surface area (Å²) in [5.74, 6) is 1.96. The van der Waals surface area contributed by atoms with Crippen LogP contribution >= 0.6 is 0 Å². The zero-order chi connectivity index (χ0) is 23.6. The number of ether oxygens (including phenoxy) is 2. The molecule has 33 heavy (non-hydrogen) atoms. The van der Waals surface area contributed by atoms with Gasteiger partial charge in [-0.05, 0) is 64.5 Å². The summed E-state index contributed by atoms with van der Waals surface area (Å²) < 4.78 is 37.8. The fourth-order valence-electron chi connectivity index (χ4n) is 4.16. The summed E-state index contributed by atoms with van der Waals surface area (Å²) in [6.45, 7) is 9.65. The van der Waals surface area contributed by atoms with Gasteiger partial charge in [0.2, 0.25) is 10.0 Å². The predicted molar refractivity (Wildman–Crippen MR) is 126 cm³/mol. The second-order valence-corrected chi connectivity index (χ2v) is 12.4. The van der Waals surface area contributed by atoms with E-state index in [9.17, 15) is 13.2 Å². The van der Waals surface area contributed by atoms with Crippen molar-refractivity contribution in [3.8, 4) is 5.75 Å². The van der Waals surface area contributed by atoms with Gasteiger partial charge in [-0.25, -0.2) is 18.2 Å². The second kappa shape index (κ2) is 9.66. The fraction of sp³-hybridized carbons (Fsp3) is 0.739. The lowest BCUT2D eigenvalue weighted by molar-refractivity contribution is 0.0456. The average Bonchev–Trinajstić information content (AvgIpc) is 3.54. The molecule has 0 aromatic carbocycles. The molecular formula is C23H36N4O5S. The lowest BCUT2D eigenvalue weighted by Gasteiger charge is -2.35. The molecule has 1 aromatic heterocycles. The molecule has 3 aliphatic rings. The van der Waals surface area contributed by atoms with Crippen LogP contribution in [0, 0.1) is 5.92 Å². The van der Waals surface area contributed by atoms with E-state index in [4.69, 9.17) is 9.47 Å². The molecule has 9 nitrogen and oxygen atoms in total. The Morgan fingerprint density at radius 2 is 1.79 bits per heavy atom. The Morgan fingerprint density at radius 1 is 1.12 bits per heavy atom. The third-order valence-corrected chi connectivity index (χ3v) is 9.16. The molecule has 0 atom stereocenters.